The van der Waals surface area contributed by atoms with Gasteiger partial charge in [-0.15, -0.1) is 34.0 Å². The van der Waals surface area contributed by atoms with Crippen molar-refractivity contribution in [2.75, 3.05) is 55.2 Å². The number of benzene rings is 3. The molecule has 3 aliphatic rings. The summed E-state index contributed by atoms with van der Waals surface area (Å²) in [4.78, 5) is 25.7. The van der Waals surface area contributed by atoms with Gasteiger partial charge in [-0.05, 0) is 109 Å². The van der Waals surface area contributed by atoms with Crippen LogP contribution in [0, 0.1) is 51.4 Å². The smallest absolute Gasteiger partial charge is 0.162 e. The van der Waals surface area contributed by atoms with Gasteiger partial charge in [0.05, 0.1) is 62.3 Å². The Morgan fingerprint density at radius 3 is 1.28 bits per heavy atom. The predicted octanol–water partition coefficient (Wildman–Crippen LogP) is 13.3. The van der Waals surface area contributed by atoms with E-state index < -0.39 is 232 Å². The van der Waals surface area contributed by atoms with Gasteiger partial charge in [-0.3, -0.25) is 14.7 Å². The van der Waals surface area contributed by atoms with Crippen molar-refractivity contribution in [3.05, 3.63) is 155 Å². The number of thiophene rings is 3. The molecule has 0 aliphatic carbocycles. The van der Waals surface area contributed by atoms with E-state index in [0.29, 0.717) is 23.1 Å². The first-order valence-electron chi connectivity index (χ1n) is 39.2. The van der Waals surface area contributed by atoms with E-state index in [9.17, 15) is 18.4 Å². The molecule has 3 fully saturated rings. The van der Waals surface area contributed by atoms with Crippen LogP contribution in [-0.4, -0.2) is 102 Å². The minimum atomic E-state index is -3.14. The number of hydrogen-bond acceptors (Lipinski definition) is 18. The maximum absolute atomic E-state index is 14.1. The number of rotatable bonds is 12. The summed E-state index contributed by atoms with van der Waals surface area (Å²) in [7, 11) is 0. The second-order valence-corrected chi connectivity index (χ2v) is 20.8. The summed E-state index contributed by atoms with van der Waals surface area (Å²) in [5, 5.41) is 27.6. The summed E-state index contributed by atoms with van der Waals surface area (Å²) in [6, 6.07) is -8.31. The quantitative estimate of drug-likeness (QED) is 0.104. The van der Waals surface area contributed by atoms with Crippen LogP contribution in [0.25, 0.3) is 30.6 Å². The van der Waals surface area contributed by atoms with E-state index in [1.54, 1.807) is 0 Å². The van der Waals surface area contributed by atoms with Crippen molar-refractivity contribution < 1.29 is 58.5 Å². The van der Waals surface area contributed by atoms with Gasteiger partial charge in [0.1, 0.15) is 89.3 Å². The lowest BCUT2D eigenvalue weighted by molar-refractivity contribution is 0.211. The van der Waals surface area contributed by atoms with Crippen LogP contribution in [0.15, 0.2) is 91.5 Å². The van der Waals surface area contributed by atoms with Gasteiger partial charge in [-0.1, -0.05) is 52.9 Å². The van der Waals surface area contributed by atoms with E-state index in [-0.39, 0.29) is 77.7 Å². The normalized spacial score (nSPS) is 27.5. The maximum Gasteiger partial charge on any atom is 0.162 e. The number of nitriles is 3. The third kappa shape index (κ3) is 14.8. The van der Waals surface area contributed by atoms with Crippen LogP contribution >= 0.6 is 68.8 Å². The SMILES string of the molecule is [2H]c1cc(F)c(C#N)c([2H])c1C([2H])N1CC([2H])([2H])C([2H])(N([2H])c2ncnc3sc(Cl)c([2H])c23)C([2H])([2H])C1.[2H]c1nc(N([2H])C2([2H])C([2H])([2H])CN(C([2H])([2H])c3c([2H])cc(F)c(C#N)c3[2H])CC2([2H])[2H])c2c([2H])c(Cl)sc2n1.[2H]c1nc(N([2H])C2([2H])C([2H])([2H])CN(C([2H])c3c([2H])cc(F)c(C#N)c3[2H])CC2([2H])[2H])c2c([2H])c(Cl)sc2n1. The van der Waals surface area contributed by atoms with Crippen LogP contribution in [0.4, 0.5) is 30.6 Å². The maximum atomic E-state index is 14.1. The zero-order valence-electron chi connectivity index (χ0n) is 73.4. The monoisotopic (exact) mass is 1240 g/mol. The molecule has 0 saturated carbocycles. The predicted molar refractivity (Wildman–Crippen MR) is 316 cm³/mol. The molecule has 0 spiro atoms. The van der Waals surface area contributed by atoms with Crippen LogP contribution in [-0.2, 0) is 19.5 Å². The zero-order valence-corrected chi connectivity index (χ0v) is 45.1. The number of piperidine rings is 3. The highest BCUT2D eigenvalue weighted by Crippen LogP contribution is 2.35. The number of nitrogens with zero attached hydrogens (tertiary/aromatic N) is 12. The Bertz CT molecular complexity index is 5490. The van der Waals surface area contributed by atoms with Gasteiger partial charge in [0.25, 0.3) is 0 Å². The van der Waals surface area contributed by atoms with Crippen molar-refractivity contribution in [2.24, 2.45) is 0 Å². The fraction of sp³-hybridized carbons (Fsp3) is 0.316. The van der Waals surface area contributed by atoms with Crippen LogP contribution in [0.2, 0.25) is 17.2 Å². The Labute approximate surface area is 539 Å². The van der Waals surface area contributed by atoms with Gasteiger partial charge in [0, 0.05) is 98.8 Å². The van der Waals surface area contributed by atoms with Gasteiger partial charge >= 0.3 is 0 Å². The van der Waals surface area contributed by atoms with Crippen molar-refractivity contribution in [3.63, 3.8) is 0 Å². The first-order valence-corrected chi connectivity index (χ1v) is 26.3. The standard InChI is InChI=1S/3C19H17ClFN5S/c3*20-17-8-15-18(23-11-24-19(15)27-17)25-14-3-5-26(6-4-14)10-12-1-2-16(21)13(7-12)9-22/h3*1-2,7-8,11,14H,3-6,10H2,(H,23,24,25)/i1D,3D2,4D2,7D,8D,10D2,11D,14D;1D,3D2,4D2,7D,8D,10D,11D,14D;1D,3D2,4D2,7D,8D,10D,14D/hD3. The highest BCUT2D eigenvalue weighted by molar-refractivity contribution is 7.23. The summed E-state index contributed by atoms with van der Waals surface area (Å²) >= 11 is 20.5. The fourth-order valence-electron chi connectivity index (χ4n) is 6.94. The minimum absolute atomic E-state index is 0.00806. The average Bonchev–Trinajstić information content (AvgIpc) is 0.813. The highest BCUT2D eigenvalue weighted by atomic mass is 35.5. The molecule has 0 radical (unpaired) electrons. The minimum Gasteiger partial charge on any atom is -0.367 e. The molecule has 414 valence electrons. The molecule has 3 N–H and O–H groups in total. The molecule has 24 heteroatoms. The van der Waals surface area contributed by atoms with Crippen molar-refractivity contribution in [2.45, 2.75) is 75.8 Å². The van der Waals surface area contributed by atoms with E-state index in [2.05, 4.69) is 29.9 Å². The van der Waals surface area contributed by atoms with E-state index in [4.69, 9.17) is 90.7 Å². The summed E-state index contributed by atoms with van der Waals surface area (Å²) in [6.07, 6.45) is -18.0. The first-order chi connectivity index (χ1) is 52.4. The molecule has 3 saturated heterocycles. The number of halogens is 6. The molecule has 2 atom stereocenters. The molecule has 15 nitrogen and oxygen atoms in total. The van der Waals surface area contributed by atoms with Crippen molar-refractivity contribution in [1.82, 2.24) is 44.6 Å². The largest absolute Gasteiger partial charge is 0.367 e. The number of fused-ring (bicyclic) bond motifs is 3. The fourth-order valence-corrected chi connectivity index (χ4v) is 9.85. The van der Waals surface area contributed by atoms with Crippen LogP contribution in [0.3, 0.4) is 0 Å². The van der Waals surface area contributed by atoms with E-state index in [1.165, 1.54) is 18.2 Å². The van der Waals surface area contributed by atoms with Gasteiger partial charge in [0.15, 0.2) is 4.24 Å². The molecular weight excluding hydrogens is 1150 g/mol. The number of aromatic nitrogens is 6. The zero-order chi connectivity index (χ0) is 85.7. The second kappa shape index (κ2) is 26.8. The van der Waals surface area contributed by atoms with Gasteiger partial charge < -0.3 is 15.9 Å². The molecule has 2 unspecified atom stereocenters. The average molecular weight is 1240 g/mol. The van der Waals surface area contributed by atoms with Crippen molar-refractivity contribution in [3.8, 4) is 18.2 Å². The Morgan fingerprint density at radius 1 is 0.543 bits per heavy atom. The Morgan fingerprint density at radius 2 is 0.889 bits per heavy atom. The lowest BCUT2D eigenvalue weighted by Crippen LogP contribution is -2.38. The summed E-state index contributed by atoms with van der Waals surface area (Å²) < 4.78 is 321. The highest BCUT2D eigenvalue weighted by Gasteiger charge is 2.24. The van der Waals surface area contributed by atoms with Gasteiger partial charge in [-0.25, -0.2) is 43.1 Å². The number of nitrogens with one attached hydrogen (secondary N) is 3. The Hall–Kier alpha value is -6.81. The summed E-state index contributed by atoms with van der Waals surface area (Å²) in [5.41, 5.74) is -3.93. The van der Waals surface area contributed by atoms with E-state index in [0.717, 1.165) is 50.1 Å². The lowest BCUT2D eigenvalue weighted by Gasteiger charge is -2.32. The van der Waals surface area contributed by atoms with Crippen LogP contribution in [0.5, 0.6) is 0 Å². The lowest BCUT2D eigenvalue weighted by atomic mass is 10.0. The van der Waals surface area contributed by atoms with E-state index in [1.807, 2.05) is 0 Å². The Kier molecular flexibility index (Phi) is 9.76. The molecule has 9 aromatic rings. The van der Waals surface area contributed by atoms with Gasteiger partial charge in [0.2, 0.25) is 0 Å². The molecular formula is C57H51Cl3F3N15S3. The second-order valence-electron chi connectivity index (χ2n) is 16.0. The molecule has 12 rings (SSSR count). The van der Waals surface area contributed by atoms with Crippen LogP contribution < -0.4 is 15.9 Å². The molecule has 9 heterocycles. The number of hydrogen-bond donors (Lipinski definition) is 3. The molecule has 81 heavy (non-hydrogen) atoms. The number of likely N-dealkylation sites (tertiary alicyclic amines) is 3. The van der Waals surface area contributed by atoms with Crippen molar-refractivity contribution >= 4 is 117 Å². The van der Waals surface area contributed by atoms with E-state index >= 15 is 0 Å². The summed E-state index contributed by atoms with van der Waals surface area (Å²) in [6.45, 7) is -11.8. The topological polar surface area (TPSA) is 195 Å². The molecule has 0 bridgehead atoms. The van der Waals surface area contributed by atoms with Crippen molar-refractivity contribution in [1.29, 1.82) is 15.8 Å². The molecule has 0 amide bonds. The Balaban J connectivity index is 0.000000181. The third-order valence-electron chi connectivity index (χ3n) is 10.6. The molecule has 3 aliphatic heterocycles. The molecule has 3 aromatic carbocycles. The molecule has 6 aromatic heterocycles. The van der Waals surface area contributed by atoms with Gasteiger partial charge in [-0.2, -0.15) is 15.8 Å². The first kappa shape index (κ1) is 29.4. The summed E-state index contributed by atoms with van der Waals surface area (Å²) in [5.74, 6) is -5.05. The van der Waals surface area contributed by atoms with Crippen LogP contribution in [0.1, 0.15) is 113 Å². The third-order valence-corrected chi connectivity index (χ3v) is 13.9. The number of anilines is 3.